The van der Waals surface area contributed by atoms with Crippen LogP contribution in [0, 0.1) is 23.7 Å². The van der Waals surface area contributed by atoms with Gasteiger partial charge in [-0.15, -0.1) is 0 Å². The fourth-order valence-corrected chi connectivity index (χ4v) is 8.01. The maximum atomic E-state index is 13.5. The first-order valence-electron chi connectivity index (χ1n) is 14.8. The molecular weight excluding hydrogens is 474 g/mol. The van der Waals surface area contributed by atoms with E-state index < -0.39 is 12.1 Å². The lowest BCUT2D eigenvalue weighted by atomic mass is 9.55. The van der Waals surface area contributed by atoms with E-state index in [1.165, 1.54) is 38.5 Å². The van der Waals surface area contributed by atoms with Gasteiger partial charge in [-0.05, 0) is 79.7 Å². The highest BCUT2D eigenvalue weighted by Gasteiger charge is 2.50. The summed E-state index contributed by atoms with van der Waals surface area (Å²) in [5, 5.41) is 9.60. The van der Waals surface area contributed by atoms with Crippen LogP contribution in [0.3, 0.4) is 0 Å². The normalized spacial score (nSPS) is 29.7. The van der Waals surface area contributed by atoms with Crippen molar-refractivity contribution in [3.8, 4) is 0 Å². The van der Waals surface area contributed by atoms with Crippen LogP contribution in [0.5, 0.6) is 0 Å². The summed E-state index contributed by atoms with van der Waals surface area (Å²) in [6.07, 6.45) is 11.4. The van der Waals surface area contributed by atoms with Crippen LogP contribution in [-0.4, -0.2) is 24.3 Å². The summed E-state index contributed by atoms with van der Waals surface area (Å²) in [6.45, 7) is 0. The summed E-state index contributed by atoms with van der Waals surface area (Å²) in [5.74, 6) is 2.65. The largest absolute Gasteiger partial charge is 0.446 e. The number of carbonyl (C=O) groups excluding carboxylic acids is 2. The number of nitrogens with one attached hydrogen (secondary N) is 3. The molecule has 4 bridgehead atoms. The quantitative estimate of drug-likeness (QED) is 0.386. The molecule has 6 nitrogen and oxygen atoms in total. The summed E-state index contributed by atoms with van der Waals surface area (Å²) in [6, 6.07) is 18.9. The van der Waals surface area contributed by atoms with E-state index in [4.69, 9.17) is 4.74 Å². The van der Waals surface area contributed by atoms with E-state index in [-0.39, 0.29) is 24.3 Å². The third kappa shape index (κ3) is 5.69. The van der Waals surface area contributed by atoms with Crippen molar-refractivity contribution >= 4 is 12.1 Å². The van der Waals surface area contributed by atoms with Gasteiger partial charge in [0.2, 0.25) is 0 Å². The van der Waals surface area contributed by atoms with E-state index in [0.29, 0.717) is 11.8 Å². The summed E-state index contributed by atoms with van der Waals surface area (Å²) in [7, 11) is 0. The summed E-state index contributed by atoms with van der Waals surface area (Å²) in [5.41, 5.74) is 1.87. The van der Waals surface area contributed by atoms with Crippen molar-refractivity contribution in [3.63, 3.8) is 0 Å². The number of amides is 3. The Morgan fingerprint density at radius 3 is 1.76 bits per heavy atom. The highest BCUT2D eigenvalue weighted by atomic mass is 16.6. The first-order chi connectivity index (χ1) is 18.6. The molecule has 5 saturated carbocycles. The standard InChI is InChI=1S/C32H41N3O3/c36-31(33-27-14-8-3-9-15-27)34-28(23-10-4-1-5-11-23)29(24-12-6-2-7-13-24)35-32(37)38-30-25-17-21-16-22(19-25)20-26(30)18-21/h1-2,4-7,10-13,21-22,25-30H,3,8-9,14-20H2,(H,35,37)(H2,33,34,36). The SMILES string of the molecule is O=C(NC1CCCCC1)NC(c1ccccc1)C(NC(=O)OC1C2CC3CC(C2)CC1C3)c1ccccc1. The van der Waals surface area contributed by atoms with E-state index >= 15 is 0 Å². The van der Waals surface area contributed by atoms with E-state index in [1.807, 2.05) is 60.7 Å². The Labute approximate surface area is 226 Å². The number of alkyl carbamates (subject to hydrolysis) is 1. The van der Waals surface area contributed by atoms with Crippen LogP contribution in [0.1, 0.15) is 87.4 Å². The minimum absolute atomic E-state index is 0.0111. The minimum atomic E-state index is -0.472. The molecule has 5 aliphatic carbocycles. The Morgan fingerprint density at radius 2 is 1.21 bits per heavy atom. The fraction of sp³-hybridized carbons (Fsp3) is 0.562. The first-order valence-corrected chi connectivity index (χ1v) is 14.8. The zero-order valence-electron chi connectivity index (χ0n) is 22.2. The summed E-state index contributed by atoms with van der Waals surface area (Å²) >= 11 is 0. The average Bonchev–Trinajstić information content (AvgIpc) is 2.94. The van der Waals surface area contributed by atoms with Crippen LogP contribution in [0.2, 0.25) is 0 Å². The van der Waals surface area contributed by atoms with Gasteiger partial charge in [-0.2, -0.15) is 0 Å². The molecule has 7 rings (SSSR count). The topological polar surface area (TPSA) is 79.5 Å². The van der Waals surface area contributed by atoms with Crippen LogP contribution >= 0.6 is 0 Å². The van der Waals surface area contributed by atoms with Crippen molar-refractivity contribution < 1.29 is 14.3 Å². The van der Waals surface area contributed by atoms with Crippen molar-refractivity contribution in [1.82, 2.24) is 16.0 Å². The van der Waals surface area contributed by atoms with Gasteiger partial charge < -0.3 is 20.7 Å². The maximum absolute atomic E-state index is 13.5. The second kappa shape index (κ2) is 11.4. The van der Waals surface area contributed by atoms with Crippen LogP contribution in [0.25, 0.3) is 0 Å². The minimum Gasteiger partial charge on any atom is -0.446 e. The molecule has 5 aliphatic rings. The molecule has 0 spiro atoms. The highest BCUT2D eigenvalue weighted by molar-refractivity contribution is 5.75. The van der Waals surface area contributed by atoms with Gasteiger partial charge in [-0.1, -0.05) is 79.9 Å². The lowest BCUT2D eigenvalue weighted by Crippen LogP contribution is -2.52. The molecule has 0 heterocycles. The van der Waals surface area contributed by atoms with Crippen LogP contribution < -0.4 is 16.0 Å². The molecule has 6 heteroatoms. The van der Waals surface area contributed by atoms with E-state index in [2.05, 4.69) is 16.0 Å². The molecule has 0 aliphatic heterocycles. The molecular formula is C32H41N3O3. The predicted octanol–water partition coefficient (Wildman–Crippen LogP) is 6.65. The molecule has 202 valence electrons. The maximum Gasteiger partial charge on any atom is 0.407 e. The molecule has 2 aromatic carbocycles. The van der Waals surface area contributed by atoms with E-state index in [9.17, 15) is 9.59 Å². The van der Waals surface area contributed by atoms with Crippen LogP contribution in [0.4, 0.5) is 9.59 Å². The number of hydrogen-bond acceptors (Lipinski definition) is 3. The fourth-order valence-electron chi connectivity index (χ4n) is 8.01. The Bertz CT molecular complexity index is 1060. The molecule has 3 amide bonds. The molecule has 2 aromatic rings. The molecule has 5 fully saturated rings. The van der Waals surface area contributed by atoms with Crippen molar-refractivity contribution in [2.24, 2.45) is 23.7 Å². The highest BCUT2D eigenvalue weighted by Crippen LogP contribution is 2.54. The van der Waals surface area contributed by atoms with Crippen molar-refractivity contribution in [2.75, 3.05) is 0 Å². The summed E-state index contributed by atoms with van der Waals surface area (Å²) in [4.78, 5) is 26.7. The molecule has 38 heavy (non-hydrogen) atoms. The Hall–Kier alpha value is -3.02. The third-order valence-corrected chi connectivity index (χ3v) is 9.53. The number of rotatable bonds is 7. The average molecular weight is 516 g/mol. The zero-order chi connectivity index (χ0) is 25.9. The Morgan fingerprint density at radius 1 is 0.684 bits per heavy atom. The van der Waals surface area contributed by atoms with Gasteiger partial charge in [-0.3, -0.25) is 0 Å². The molecule has 0 saturated heterocycles. The third-order valence-electron chi connectivity index (χ3n) is 9.53. The Kier molecular flexibility index (Phi) is 7.57. The Balaban J connectivity index is 1.21. The predicted molar refractivity (Wildman–Crippen MR) is 147 cm³/mol. The molecule has 2 atom stereocenters. The second-order valence-electron chi connectivity index (χ2n) is 12.2. The second-order valence-corrected chi connectivity index (χ2v) is 12.2. The van der Waals surface area contributed by atoms with Gasteiger partial charge >= 0.3 is 12.1 Å². The lowest BCUT2D eigenvalue weighted by Gasteiger charge is -2.53. The van der Waals surface area contributed by atoms with Crippen molar-refractivity contribution in [3.05, 3.63) is 71.8 Å². The van der Waals surface area contributed by atoms with Crippen LogP contribution in [0.15, 0.2) is 60.7 Å². The number of ether oxygens (including phenoxy) is 1. The van der Waals surface area contributed by atoms with Crippen LogP contribution in [-0.2, 0) is 4.74 Å². The van der Waals surface area contributed by atoms with Gasteiger partial charge in [0, 0.05) is 6.04 Å². The number of benzene rings is 2. The summed E-state index contributed by atoms with van der Waals surface area (Å²) < 4.78 is 6.21. The molecule has 2 unspecified atom stereocenters. The molecule has 0 aromatic heterocycles. The molecule has 0 radical (unpaired) electrons. The lowest BCUT2D eigenvalue weighted by molar-refractivity contribution is -0.0966. The van der Waals surface area contributed by atoms with Gasteiger partial charge in [0.15, 0.2) is 0 Å². The number of hydrogen-bond donors (Lipinski definition) is 3. The first kappa shape index (κ1) is 25.3. The molecule has 3 N–H and O–H groups in total. The zero-order valence-corrected chi connectivity index (χ0v) is 22.2. The monoisotopic (exact) mass is 515 g/mol. The van der Waals surface area contributed by atoms with Crippen molar-refractivity contribution in [1.29, 1.82) is 0 Å². The number of carbonyl (C=O) groups is 2. The number of urea groups is 1. The van der Waals surface area contributed by atoms with Gasteiger partial charge in [0.25, 0.3) is 0 Å². The van der Waals surface area contributed by atoms with E-state index in [1.54, 1.807) is 0 Å². The van der Waals surface area contributed by atoms with Crippen molar-refractivity contribution in [2.45, 2.75) is 88.4 Å². The van der Waals surface area contributed by atoms with E-state index in [0.717, 1.165) is 48.6 Å². The van der Waals surface area contributed by atoms with Gasteiger partial charge in [0.05, 0.1) is 12.1 Å². The smallest absolute Gasteiger partial charge is 0.407 e. The van der Waals surface area contributed by atoms with Gasteiger partial charge in [-0.25, -0.2) is 9.59 Å². The van der Waals surface area contributed by atoms with Gasteiger partial charge in [0.1, 0.15) is 6.10 Å².